The Morgan fingerprint density at radius 3 is 2.47 bits per heavy atom. The van der Waals surface area contributed by atoms with Gasteiger partial charge >= 0.3 is 0 Å². The van der Waals surface area contributed by atoms with E-state index in [1.54, 1.807) is 6.20 Å². The van der Waals surface area contributed by atoms with Gasteiger partial charge in [0.25, 0.3) is 0 Å². The Morgan fingerprint density at radius 1 is 1.35 bits per heavy atom. The second-order valence-corrected chi connectivity index (χ2v) is 4.13. The molecule has 0 saturated carbocycles. The lowest BCUT2D eigenvalue weighted by Crippen LogP contribution is -2.26. The van der Waals surface area contributed by atoms with Crippen LogP contribution >= 0.6 is 0 Å². The molecule has 0 spiro atoms. The van der Waals surface area contributed by atoms with Crippen molar-refractivity contribution >= 4 is 12.0 Å². The van der Waals surface area contributed by atoms with Gasteiger partial charge in [0.15, 0.2) is 0 Å². The molecule has 1 aromatic rings. The molecule has 0 unspecified atom stereocenters. The highest BCUT2D eigenvalue weighted by Crippen LogP contribution is 2.15. The van der Waals surface area contributed by atoms with Gasteiger partial charge in [-0.05, 0) is 31.4 Å². The molecular formula is C13H21N3O. The van der Waals surface area contributed by atoms with E-state index < -0.39 is 0 Å². The number of oxime groups is 1. The number of hydrogen-bond donors (Lipinski definition) is 1. The van der Waals surface area contributed by atoms with Crippen LogP contribution in [0.4, 0.5) is 5.82 Å². The van der Waals surface area contributed by atoms with E-state index in [4.69, 9.17) is 5.21 Å². The minimum Gasteiger partial charge on any atom is -0.411 e. The highest BCUT2D eigenvalue weighted by Gasteiger charge is 2.07. The summed E-state index contributed by atoms with van der Waals surface area (Å²) in [6.07, 6.45) is 5.39. The third-order valence-electron chi connectivity index (χ3n) is 2.64. The Kier molecular flexibility index (Phi) is 5.46. The van der Waals surface area contributed by atoms with Gasteiger partial charge in [-0.3, -0.25) is 0 Å². The van der Waals surface area contributed by atoms with E-state index in [1.165, 1.54) is 6.21 Å². The number of nitrogens with zero attached hydrogens (tertiary/aromatic N) is 3. The molecule has 17 heavy (non-hydrogen) atoms. The molecule has 1 heterocycles. The van der Waals surface area contributed by atoms with Crippen LogP contribution in [0, 0.1) is 6.92 Å². The Bertz CT molecular complexity index is 371. The summed E-state index contributed by atoms with van der Waals surface area (Å²) in [5.74, 6) is 1.00. The van der Waals surface area contributed by atoms with Crippen LogP contribution in [-0.2, 0) is 0 Å². The highest BCUT2D eigenvalue weighted by molar-refractivity contribution is 5.81. The fraction of sp³-hybridized carbons (Fsp3) is 0.538. The zero-order valence-corrected chi connectivity index (χ0v) is 10.8. The van der Waals surface area contributed by atoms with Gasteiger partial charge in [-0.15, -0.1) is 0 Å². The number of anilines is 1. The van der Waals surface area contributed by atoms with Crippen molar-refractivity contribution in [1.29, 1.82) is 0 Å². The van der Waals surface area contributed by atoms with Crippen molar-refractivity contribution in [2.45, 2.75) is 33.6 Å². The number of aromatic nitrogens is 1. The van der Waals surface area contributed by atoms with E-state index in [0.717, 1.165) is 42.9 Å². The second kappa shape index (κ2) is 6.89. The summed E-state index contributed by atoms with van der Waals surface area (Å²) in [6.45, 7) is 8.38. The van der Waals surface area contributed by atoms with Crippen molar-refractivity contribution in [2.75, 3.05) is 18.0 Å². The molecule has 0 aliphatic rings. The Labute approximate surface area is 103 Å². The summed E-state index contributed by atoms with van der Waals surface area (Å²) >= 11 is 0. The van der Waals surface area contributed by atoms with E-state index in [9.17, 15) is 0 Å². The Balaban J connectivity index is 2.92. The molecule has 4 heteroatoms. The summed E-state index contributed by atoms with van der Waals surface area (Å²) in [7, 11) is 0. The van der Waals surface area contributed by atoms with Gasteiger partial charge in [0.05, 0.1) is 6.21 Å². The predicted molar refractivity (Wildman–Crippen MR) is 71.1 cm³/mol. The first-order valence-electron chi connectivity index (χ1n) is 6.11. The van der Waals surface area contributed by atoms with Gasteiger partial charge in [-0.25, -0.2) is 4.98 Å². The first kappa shape index (κ1) is 13.5. The fourth-order valence-corrected chi connectivity index (χ4v) is 1.80. The summed E-state index contributed by atoms with van der Waals surface area (Å²) in [5.41, 5.74) is 1.93. The lowest BCUT2D eigenvalue weighted by molar-refractivity contribution is 0.322. The SMILES string of the molecule is CCCN(CCC)c1cc(C)c(C=NO)cn1. The van der Waals surface area contributed by atoms with Crippen LogP contribution in [0.1, 0.15) is 37.8 Å². The first-order valence-corrected chi connectivity index (χ1v) is 6.11. The van der Waals surface area contributed by atoms with Crippen LogP contribution in [0.25, 0.3) is 0 Å². The second-order valence-electron chi connectivity index (χ2n) is 4.13. The predicted octanol–water partition coefficient (Wildman–Crippen LogP) is 2.82. The number of pyridine rings is 1. The maximum Gasteiger partial charge on any atom is 0.128 e. The van der Waals surface area contributed by atoms with E-state index in [2.05, 4.69) is 28.9 Å². The van der Waals surface area contributed by atoms with Crippen molar-refractivity contribution < 1.29 is 5.21 Å². The molecule has 0 radical (unpaired) electrons. The fourth-order valence-electron chi connectivity index (χ4n) is 1.80. The van der Waals surface area contributed by atoms with Crippen LogP contribution in [0.2, 0.25) is 0 Å². The monoisotopic (exact) mass is 235 g/mol. The van der Waals surface area contributed by atoms with Crippen molar-refractivity contribution in [1.82, 2.24) is 4.98 Å². The molecule has 0 aromatic carbocycles. The minimum atomic E-state index is 0.851. The zero-order valence-electron chi connectivity index (χ0n) is 10.8. The standard InChI is InChI=1S/C13H21N3O/c1-4-6-16(7-5-2)13-8-11(3)12(9-14-13)10-15-17/h8-10,17H,4-7H2,1-3H3. The van der Waals surface area contributed by atoms with Crippen molar-refractivity contribution in [3.63, 3.8) is 0 Å². The quantitative estimate of drug-likeness (QED) is 0.468. The van der Waals surface area contributed by atoms with Crippen LogP contribution < -0.4 is 4.90 Å². The van der Waals surface area contributed by atoms with Gasteiger partial charge < -0.3 is 10.1 Å². The number of aryl methyl sites for hydroxylation is 1. The van der Waals surface area contributed by atoms with Gasteiger partial charge in [0.1, 0.15) is 5.82 Å². The molecule has 94 valence electrons. The summed E-state index contributed by atoms with van der Waals surface area (Å²) in [6, 6.07) is 2.04. The molecule has 0 atom stereocenters. The van der Waals surface area contributed by atoms with Gasteiger partial charge in [0, 0.05) is 24.8 Å². The van der Waals surface area contributed by atoms with E-state index in [1.807, 2.05) is 13.0 Å². The normalized spacial score (nSPS) is 11.0. The molecule has 4 nitrogen and oxygen atoms in total. The molecular weight excluding hydrogens is 214 g/mol. The highest BCUT2D eigenvalue weighted by atomic mass is 16.4. The number of rotatable bonds is 6. The molecule has 0 aliphatic carbocycles. The third-order valence-corrected chi connectivity index (χ3v) is 2.64. The lowest BCUT2D eigenvalue weighted by atomic mass is 10.1. The lowest BCUT2D eigenvalue weighted by Gasteiger charge is -2.23. The van der Waals surface area contributed by atoms with E-state index in [0.29, 0.717) is 0 Å². The summed E-state index contributed by atoms with van der Waals surface area (Å²) < 4.78 is 0. The van der Waals surface area contributed by atoms with E-state index in [-0.39, 0.29) is 0 Å². The molecule has 0 saturated heterocycles. The number of hydrogen-bond acceptors (Lipinski definition) is 4. The molecule has 0 bridgehead atoms. The summed E-state index contributed by atoms with van der Waals surface area (Å²) in [5, 5.41) is 11.6. The maximum atomic E-state index is 8.52. The molecule has 0 amide bonds. The first-order chi connectivity index (χ1) is 8.22. The molecule has 1 rings (SSSR count). The van der Waals surface area contributed by atoms with E-state index >= 15 is 0 Å². The van der Waals surface area contributed by atoms with Gasteiger partial charge in [-0.2, -0.15) is 0 Å². The van der Waals surface area contributed by atoms with Crippen LogP contribution in [0.15, 0.2) is 17.4 Å². The average Bonchev–Trinajstić information content (AvgIpc) is 2.32. The molecule has 1 N–H and O–H groups in total. The maximum absolute atomic E-state index is 8.52. The van der Waals surface area contributed by atoms with Crippen molar-refractivity contribution in [3.8, 4) is 0 Å². The van der Waals surface area contributed by atoms with Crippen LogP contribution in [-0.4, -0.2) is 29.5 Å². The smallest absolute Gasteiger partial charge is 0.128 e. The van der Waals surface area contributed by atoms with Crippen molar-refractivity contribution in [2.24, 2.45) is 5.16 Å². The van der Waals surface area contributed by atoms with Gasteiger partial charge in [-0.1, -0.05) is 19.0 Å². The average molecular weight is 235 g/mol. The van der Waals surface area contributed by atoms with Crippen LogP contribution in [0.5, 0.6) is 0 Å². The van der Waals surface area contributed by atoms with Gasteiger partial charge in [0.2, 0.25) is 0 Å². The molecule has 1 aromatic heterocycles. The third kappa shape index (κ3) is 3.73. The summed E-state index contributed by atoms with van der Waals surface area (Å²) in [4.78, 5) is 6.70. The minimum absolute atomic E-state index is 0.851. The zero-order chi connectivity index (χ0) is 12.7. The molecule has 0 aliphatic heterocycles. The Hall–Kier alpha value is -1.58. The largest absolute Gasteiger partial charge is 0.411 e. The Morgan fingerprint density at radius 2 is 2.00 bits per heavy atom. The van der Waals surface area contributed by atoms with Crippen LogP contribution in [0.3, 0.4) is 0 Å². The topological polar surface area (TPSA) is 48.7 Å². The van der Waals surface area contributed by atoms with Crippen molar-refractivity contribution in [3.05, 3.63) is 23.4 Å². The molecule has 0 fully saturated rings.